The fraction of sp³-hybridized carbons (Fsp3) is 0.717. The number of amides is 1. The largest absolute Gasteiger partial charge is 0.491 e. The molecule has 1 aromatic heterocycles. The zero-order valence-electron chi connectivity index (χ0n) is 48.3. The molecule has 2 aromatic carbocycles. The van der Waals surface area contributed by atoms with E-state index in [1.165, 1.54) is 5.56 Å². The van der Waals surface area contributed by atoms with Gasteiger partial charge in [0.1, 0.15) is 29.7 Å². The lowest BCUT2D eigenvalue weighted by Crippen LogP contribution is -2.41. The Bertz CT molecular complexity index is 2190. The van der Waals surface area contributed by atoms with Crippen molar-refractivity contribution >= 4 is 17.8 Å². The number of nitrogens with zero attached hydrogens (tertiary/aromatic N) is 6. The number of hydrazone groups is 1. The number of aryl methyl sites for hydroxylation is 1. The molecule has 1 amide bonds. The first-order valence-corrected chi connectivity index (χ1v) is 29.6. The smallest absolute Gasteiger partial charge is 0.248 e. The number of ether oxygens (including phenoxy) is 9. The molecular weight excluding hydrogens is 1030 g/mol. The molecule has 6 rings (SSSR count). The van der Waals surface area contributed by atoms with Crippen molar-refractivity contribution in [3.63, 3.8) is 0 Å². The second-order valence-electron chi connectivity index (χ2n) is 21.4. The van der Waals surface area contributed by atoms with E-state index in [2.05, 4.69) is 81.9 Å². The third-order valence-corrected chi connectivity index (χ3v) is 15.4. The predicted molar refractivity (Wildman–Crippen MR) is 305 cm³/mol. The number of aliphatic imine (C=N–C) groups is 1. The summed E-state index contributed by atoms with van der Waals surface area (Å²) in [6, 6.07) is 19.3. The van der Waals surface area contributed by atoms with Crippen molar-refractivity contribution in [1.82, 2.24) is 25.0 Å². The number of likely N-dealkylation sites (tertiary alicyclic amines) is 1. The Kier molecular flexibility index (Phi) is 29.8. The number of aromatic nitrogens is 3. The number of rotatable bonds is 42. The second-order valence-corrected chi connectivity index (χ2v) is 21.4. The lowest BCUT2D eigenvalue weighted by atomic mass is 9.71. The van der Waals surface area contributed by atoms with Crippen molar-refractivity contribution in [3.8, 4) is 5.75 Å². The number of hydrogen-bond acceptors (Lipinski definition) is 16. The minimum atomic E-state index is -2.66. The maximum absolute atomic E-state index is 13.9. The molecule has 3 fully saturated rings. The summed E-state index contributed by atoms with van der Waals surface area (Å²) in [6.07, 6.45) is 9.83. The van der Waals surface area contributed by atoms with Gasteiger partial charge in [-0.05, 0) is 108 Å². The van der Waals surface area contributed by atoms with Gasteiger partial charge in [-0.2, -0.15) is 5.10 Å². The van der Waals surface area contributed by atoms with Gasteiger partial charge < -0.3 is 58.4 Å². The number of carbonyl (C=O) groups is 1. The standard InChI is InChI=1S/C60H94F2N8O10/c1-5-6-25-72-27-29-74-31-32-75-30-28-73-26-23-64-44-54(66-63)45-79-38-37-77-34-33-76-35-36-78-39-40-80-56-16-13-49(14-17-56)52-42-53(43-52)58-68-67-48(4)70(58)47(3)41-55-15-12-46(2)69(55)24-20-57(50-10-8-7-9-11-50)65-59(71)51-18-21-60(61,62)22-19-51/h7-11,13-14,16-17,44,46-47,51-53,55,57H,5-6,12,15,18-43,45,63H2,1-4H3,(H,65,71)/b64-44?,66-54+. The Morgan fingerprint density at radius 1 is 0.762 bits per heavy atom. The van der Waals surface area contributed by atoms with E-state index in [-0.39, 0.29) is 56.2 Å². The van der Waals surface area contributed by atoms with Gasteiger partial charge >= 0.3 is 0 Å². The summed E-state index contributed by atoms with van der Waals surface area (Å²) in [6.45, 7) is 18.3. The molecule has 1 aliphatic heterocycles. The van der Waals surface area contributed by atoms with Crippen molar-refractivity contribution in [3.05, 3.63) is 77.4 Å². The highest BCUT2D eigenvalue weighted by atomic mass is 19.3. The van der Waals surface area contributed by atoms with Crippen LogP contribution in [-0.2, 0) is 42.7 Å². The number of hydrogen-bond donors (Lipinski definition) is 2. The molecule has 3 N–H and O–H groups in total. The minimum Gasteiger partial charge on any atom is -0.491 e. The molecule has 1 saturated heterocycles. The predicted octanol–water partition coefficient (Wildman–Crippen LogP) is 8.82. The van der Waals surface area contributed by atoms with Gasteiger partial charge in [0.25, 0.3) is 0 Å². The maximum Gasteiger partial charge on any atom is 0.248 e. The van der Waals surface area contributed by atoms with E-state index in [0.29, 0.717) is 135 Å². The van der Waals surface area contributed by atoms with Crippen LogP contribution in [0.1, 0.15) is 145 Å². The molecule has 0 spiro atoms. The van der Waals surface area contributed by atoms with Crippen LogP contribution in [-0.4, -0.2) is 181 Å². The van der Waals surface area contributed by atoms with Crippen molar-refractivity contribution in [1.29, 1.82) is 0 Å². The van der Waals surface area contributed by atoms with E-state index in [4.69, 9.17) is 53.6 Å². The van der Waals surface area contributed by atoms with Gasteiger partial charge in [-0.3, -0.25) is 14.7 Å². The Balaban J connectivity index is 0.768. The van der Waals surface area contributed by atoms with Crippen molar-refractivity contribution in [2.45, 2.75) is 147 Å². The number of nitrogens with one attached hydrogen (secondary N) is 1. The second kappa shape index (κ2) is 36.8. The van der Waals surface area contributed by atoms with E-state index < -0.39 is 5.92 Å². The highest BCUT2D eigenvalue weighted by Crippen LogP contribution is 2.48. The van der Waals surface area contributed by atoms with Gasteiger partial charge in [0, 0.05) is 62.2 Å². The molecule has 3 aromatic rings. The molecule has 2 saturated carbocycles. The molecular formula is C60H94F2N8O10. The summed E-state index contributed by atoms with van der Waals surface area (Å²) < 4.78 is 80.7. The molecule has 448 valence electrons. The average molecular weight is 1130 g/mol. The summed E-state index contributed by atoms with van der Waals surface area (Å²) in [4.78, 5) is 20.3. The van der Waals surface area contributed by atoms with Gasteiger partial charge in [-0.25, -0.2) is 8.78 Å². The van der Waals surface area contributed by atoms with Crippen molar-refractivity contribution in [2.24, 2.45) is 21.9 Å². The number of halogens is 2. The maximum atomic E-state index is 13.9. The van der Waals surface area contributed by atoms with E-state index in [1.54, 1.807) is 6.21 Å². The van der Waals surface area contributed by atoms with Gasteiger partial charge in [0.05, 0.1) is 112 Å². The van der Waals surface area contributed by atoms with E-state index in [1.807, 2.05) is 30.3 Å². The monoisotopic (exact) mass is 1120 g/mol. The fourth-order valence-electron chi connectivity index (χ4n) is 10.8. The quantitative estimate of drug-likeness (QED) is 0.0236. The third kappa shape index (κ3) is 23.0. The minimum absolute atomic E-state index is 0.104. The number of nitrogens with two attached hydrogens (primary N) is 1. The van der Waals surface area contributed by atoms with Crippen LogP contribution in [0.15, 0.2) is 64.7 Å². The molecule has 20 heteroatoms. The molecule has 80 heavy (non-hydrogen) atoms. The van der Waals surface area contributed by atoms with Crippen LogP contribution in [0.3, 0.4) is 0 Å². The first kappa shape index (κ1) is 64.7. The molecule has 3 aliphatic rings. The van der Waals surface area contributed by atoms with Crippen molar-refractivity contribution < 1.29 is 56.2 Å². The zero-order valence-corrected chi connectivity index (χ0v) is 48.3. The molecule has 4 unspecified atom stereocenters. The number of unbranched alkanes of at least 4 members (excludes halogenated alkanes) is 1. The van der Waals surface area contributed by atoms with Gasteiger partial charge in [0.15, 0.2) is 0 Å². The van der Waals surface area contributed by atoms with Crippen LogP contribution in [0.4, 0.5) is 8.78 Å². The zero-order chi connectivity index (χ0) is 56.6. The van der Waals surface area contributed by atoms with E-state index in [0.717, 1.165) is 87.5 Å². The van der Waals surface area contributed by atoms with E-state index in [9.17, 15) is 13.6 Å². The molecule has 0 bridgehead atoms. The molecule has 2 aliphatic carbocycles. The molecule has 0 radical (unpaired) electrons. The Morgan fingerprint density at radius 2 is 1.35 bits per heavy atom. The Morgan fingerprint density at radius 3 is 1.96 bits per heavy atom. The summed E-state index contributed by atoms with van der Waals surface area (Å²) in [5.74, 6) is 5.99. The van der Waals surface area contributed by atoms with E-state index >= 15 is 0 Å². The van der Waals surface area contributed by atoms with Gasteiger partial charge in [0.2, 0.25) is 11.8 Å². The number of benzene rings is 2. The Hall–Kier alpha value is -4.51. The highest BCUT2D eigenvalue weighted by molar-refractivity contribution is 6.31. The van der Waals surface area contributed by atoms with Crippen molar-refractivity contribution in [2.75, 3.05) is 125 Å². The van der Waals surface area contributed by atoms with Crippen LogP contribution in [0, 0.1) is 12.8 Å². The highest BCUT2D eigenvalue weighted by Gasteiger charge is 2.40. The summed E-state index contributed by atoms with van der Waals surface area (Å²) >= 11 is 0. The summed E-state index contributed by atoms with van der Waals surface area (Å²) in [7, 11) is 0. The molecule has 4 atom stereocenters. The normalized spacial score (nSPS) is 20.6. The number of alkyl halides is 2. The summed E-state index contributed by atoms with van der Waals surface area (Å²) in [5, 5.41) is 16.3. The van der Waals surface area contributed by atoms with Gasteiger partial charge in [-0.15, -0.1) is 10.2 Å². The lowest BCUT2D eigenvalue weighted by Gasteiger charge is -2.37. The summed E-state index contributed by atoms with van der Waals surface area (Å²) in [5.41, 5.74) is 2.88. The molecule has 18 nitrogen and oxygen atoms in total. The Labute approximate surface area is 474 Å². The van der Waals surface area contributed by atoms with Crippen LogP contribution in [0.5, 0.6) is 5.75 Å². The average Bonchev–Trinajstić information content (AvgIpc) is 4.11. The fourth-order valence-corrected chi connectivity index (χ4v) is 10.8. The lowest BCUT2D eigenvalue weighted by molar-refractivity contribution is -0.130. The van der Waals surface area contributed by atoms with Crippen LogP contribution in [0.2, 0.25) is 0 Å². The first-order chi connectivity index (χ1) is 39.0. The van der Waals surface area contributed by atoms with Gasteiger partial charge in [-0.1, -0.05) is 55.8 Å². The molecule has 2 heterocycles. The topological polar surface area (TPSA) is 197 Å². The van der Waals surface area contributed by atoms with Crippen LogP contribution >= 0.6 is 0 Å². The van der Waals surface area contributed by atoms with Crippen LogP contribution < -0.4 is 15.9 Å². The van der Waals surface area contributed by atoms with Crippen LogP contribution in [0.25, 0.3) is 0 Å². The SMILES string of the molecule is CCCCOCCOCCOCCOCCN=C/C(COCCOCCOCCOCCOc1ccc(C2CC(c3nnc(C)n3C(C)CC3CCC(C)N3CCC(NC(=O)C3CCC(F)(F)CC3)c3ccccc3)C2)cc1)=N\N. The third-order valence-electron chi connectivity index (χ3n) is 15.4. The first-order valence-electron chi connectivity index (χ1n) is 29.6. The number of carbonyl (C=O) groups excluding carboxylic acids is 1.